The molecule has 2 atom stereocenters. The van der Waals surface area contributed by atoms with E-state index >= 15 is 0 Å². The molecular weight excluding hydrogens is 150 g/mol. The molecule has 0 aliphatic heterocycles. The maximum Gasteiger partial charge on any atom is 0.0445 e. The molecule has 2 aliphatic rings. The molecule has 0 aromatic rings. The average Bonchev–Trinajstić information content (AvgIpc) is 2.51. The van der Waals surface area contributed by atoms with Crippen molar-refractivity contribution >= 4 is 0 Å². The highest BCUT2D eigenvalue weighted by atomic mass is 16.3. The number of hydrogen-bond donors (Lipinski definition) is 2. The molecule has 2 saturated carbocycles. The molecule has 2 heteroatoms. The molecule has 2 aliphatic carbocycles. The molecule has 0 saturated heterocycles. The molecule has 0 amide bonds. The van der Waals surface area contributed by atoms with Crippen LogP contribution in [0.15, 0.2) is 0 Å². The van der Waals surface area contributed by atoms with Gasteiger partial charge in [-0.3, -0.25) is 0 Å². The van der Waals surface area contributed by atoms with Gasteiger partial charge in [0.2, 0.25) is 0 Å². The van der Waals surface area contributed by atoms with E-state index in [9.17, 15) is 0 Å². The summed E-state index contributed by atoms with van der Waals surface area (Å²) < 4.78 is 0. The minimum absolute atomic E-state index is 0.258. The SMILES string of the molecule is NC(CCO)C1CC12CCCC2. The van der Waals surface area contributed by atoms with Crippen molar-refractivity contribution in [2.75, 3.05) is 6.61 Å². The number of aliphatic hydroxyl groups is 1. The second kappa shape index (κ2) is 3.00. The van der Waals surface area contributed by atoms with Crippen molar-refractivity contribution in [3.05, 3.63) is 0 Å². The van der Waals surface area contributed by atoms with Gasteiger partial charge in [-0.05, 0) is 37.0 Å². The third kappa shape index (κ3) is 1.27. The van der Waals surface area contributed by atoms with Crippen LogP contribution in [0.3, 0.4) is 0 Å². The lowest BCUT2D eigenvalue weighted by Crippen LogP contribution is -2.26. The van der Waals surface area contributed by atoms with Crippen molar-refractivity contribution in [1.82, 2.24) is 0 Å². The van der Waals surface area contributed by atoms with Crippen LogP contribution in [0.5, 0.6) is 0 Å². The molecule has 12 heavy (non-hydrogen) atoms. The molecule has 3 N–H and O–H groups in total. The molecule has 0 bridgehead atoms. The van der Waals surface area contributed by atoms with Crippen LogP contribution >= 0.6 is 0 Å². The predicted molar refractivity (Wildman–Crippen MR) is 48.7 cm³/mol. The maximum absolute atomic E-state index is 8.76. The smallest absolute Gasteiger partial charge is 0.0445 e. The van der Waals surface area contributed by atoms with Gasteiger partial charge in [-0.15, -0.1) is 0 Å². The van der Waals surface area contributed by atoms with Gasteiger partial charge in [-0.25, -0.2) is 0 Å². The van der Waals surface area contributed by atoms with Gasteiger partial charge in [-0.1, -0.05) is 12.8 Å². The van der Waals surface area contributed by atoms with E-state index in [-0.39, 0.29) is 12.6 Å². The molecule has 0 heterocycles. The van der Waals surface area contributed by atoms with Gasteiger partial charge in [0.1, 0.15) is 0 Å². The summed E-state index contributed by atoms with van der Waals surface area (Å²) in [7, 11) is 0. The molecule has 2 unspecified atom stereocenters. The summed E-state index contributed by atoms with van der Waals surface area (Å²) in [4.78, 5) is 0. The summed E-state index contributed by atoms with van der Waals surface area (Å²) in [5.74, 6) is 0.743. The zero-order valence-electron chi connectivity index (χ0n) is 7.63. The minimum Gasteiger partial charge on any atom is -0.396 e. The number of nitrogens with two attached hydrogens (primary N) is 1. The van der Waals surface area contributed by atoms with Gasteiger partial charge in [0.25, 0.3) is 0 Å². The van der Waals surface area contributed by atoms with Crippen LogP contribution in [0.25, 0.3) is 0 Å². The summed E-state index contributed by atoms with van der Waals surface area (Å²) in [6.07, 6.45) is 7.75. The van der Waals surface area contributed by atoms with Crippen LogP contribution in [0.1, 0.15) is 38.5 Å². The highest BCUT2D eigenvalue weighted by molar-refractivity contribution is 5.08. The number of hydrogen-bond acceptors (Lipinski definition) is 2. The van der Waals surface area contributed by atoms with E-state index in [0.29, 0.717) is 5.41 Å². The summed E-state index contributed by atoms with van der Waals surface area (Å²) in [6, 6.07) is 0.271. The summed E-state index contributed by atoms with van der Waals surface area (Å²) in [5.41, 5.74) is 6.63. The topological polar surface area (TPSA) is 46.2 Å². The molecule has 70 valence electrons. The Balaban J connectivity index is 1.85. The van der Waals surface area contributed by atoms with Crippen LogP contribution in [0.4, 0.5) is 0 Å². The van der Waals surface area contributed by atoms with E-state index < -0.39 is 0 Å². The van der Waals surface area contributed by atoms with Crippen molar-refractivity contribution < 1.29 is 5.11 Å². The highest BCUT2D eigenvalue weighted by Crippen LogP contribution is 2.63. The Kier molecular flexibility index (Phi) is 2.13. The molecule has 2 rings (SSSR count). The fourth-order valence-corrected chi connectivity index (χ4v) is 2.99. The van der Waals surface area contributed by atoms with Crippen LogP contribution in [-0.2, 0) is 0 Å². The summed E-state index contributed by atoms with van der Waals surface area (Å²) in [6.45, 7) is 0.258. The van der Waals surface area contributed by atoms with Crippen LogP contribution in [0, 0.1) is 11.3 Å². The Labute approximate surface area is 74.1 Å². The lowest BCUT2D eigenvalue weighted by molar-refractivity contribution is 0.262. The quantitative estimate of drug-likeness (QED) is 0.668. The fourth-order valence-electron chi connectivity index (χ4n) is 2.99. The van der Waals surface area contributed by atoms with E-state index in [1.165, 1.54) is 32.1 Å². The average molecular weight is 169 g/mol. The van der Waals surface area contributed by atoms with E-state index in [2.05, 4.69) is 0 Å². The fraction of sp³-hybridized carbons (Fsp3) is 1.00. The van der Waals surface area contributed by atoms with Gasteiger partial charge in [0.05, 0.1) is 0 Å². The third-order valence-electron chi connectivity index (χ3n) is 3.83. The largest absolute Gasteiger partial charge is 0.396 e. The van der Waals surface area contributed by atoms with Gasteiger partial charge in [-0.2, -0.15) is 0 Å². The van der Waals surface area contributed by atoms with Crippen LogP contribution in [0.2, 0.25) is 0 Å². The van der Waals surface area contributed by atoms with E-state index in [1.54, 1.807) is 0 Å². The van der Waals surface area contributed by atoms with E-state index in [1.807, 2.05) is 0 Å². The zero-order chi connectivity index (χ0) is 8.60. The summed E-state index contributed by atoms with van der Waals surface area (Å²) >= 11 is 0. The highest BCUT2D eigenvalue weighted by Gasteiger charge is 2.56. The Morgan fingerprint density at radius 3 is 2.67 bits per heavy atom. The van der Waals surface area contributed by atoms with Crippen molar-refractivity contribution in [3.63, 3.8) is 0 Å². The van der Waals surface area contributed by atoms with Crippen molar-refractivity contribution in [2.45, 2.75) is 44.6 Å². The van der Waals surface area contributed by atoms with Gasteiger partial charge in [0, 0.05) is 12.6 Å². The van der Waals surface area contributed by atoms with Gasteiger partial charge < -0.3 is 10.8 Å². The van der Waals surface area contributed by atoms with Crippen molar-refractivity contribution in [3.8, 4) is 0 Å². The lowest BCUT2D eigenvalue weighted by atomic mass is 9.97. The molecule has 2 nitrogen and oxygen atoms in total. The molecule has 0 aromatic heterocycles. The maximum atomic E-state index is 8.76. The van der Waals surface area contributed by atoms with Crippen molar-refractivity contribution in [2.24, 2.45) is 17.1 Å². The molecule has 1 spiro atoms. The Morgan fingerprint density at radius 1 is 1.42 bits per heavy atom. The Morgan fingerprint density at radius 2 is 2.08 bits per heavy atom. The number of aliphatic hydroxyl groups excluding tert-OH is 1. The molecular formula is C10H19NO. The van der Waals surface area contributed by atoms with Gasteiger partial charge in [0.15, 0.2) is 0 Å². The molecule has 0 aromatic carbocycles. The second-order valence-corrected chi connectivity index (χ2v) is 4.56. The normalized spacial score (nSPS) is 34.0. The minimum atomic E-state index is 0.258. The van der Waals surface area contributed by atoms with Gasteiger partial charge >= 0.3 is 0 Å². The third-order valence-corrected chi connectivity index (χ3v) is 3.83. The zero-order valence-corrected chi connectivity index (χ0v) is 7.63. The second-order valence-electron chi connectivity index (χ2n) is 4.56. The van der Waals surface area contributed by atoms with Crippen molar-refractivity contribution in [1.29, 1.82) is 0 Å². The first-order valence-electron chi connectivity index (χ1n) is 5.15. The van der Waals surface area contributed by atoms with Crippen LogP contribution < -0.4 is 5.73 Å². The first kappa shape index (κ1) is 8.52. The van der Waals surface area contributed by atoms with Crippen LogP contribution in [-0.4, -0.2) is 17.8 Å². The first-order chi connectivity index (χ1) is 5.78. The van der Waals surface area contributed by atoms with E-state index in [0.717, 1.165) is 12.3 Å². The predicted octanol–water partition coefficient (Wildman–Crippen LogP) is 1.28. The first-order valence-corrected chi connectivity index (χ1v) is 5.15. The molecule has 0 radical (unpaired) electrons. The standard InChI is InChI=1S/C10H19NO/c11-9(3-6-12)8-7-10(8)4-1-2-5-10/h8-9,12H,1-7,11H2. The lowest BCUT2D eigenvalue weighted by Gasteiger charge is -2.13. The molecule has 2 fully saturated rings. The monoisotopic (exact) mass is 169 g/mol. The van der Waals surface area contributed by atoms with E-state index in [4.69, 9.17) is 10.8 Å². The Bertz CT molecular complexity index is 163. The number of rotatable bonds is 3. The Hall–Kier alpha value is -0.0800. The summed E-state index contributed by atoms with van der Waals surface area (Å²) in [5, 5.41) is 8.76.